The summed E-state index contributed by atoms with van der Waals surface area (Å²) in [4.78, 5) is 15.5. The molecule has 0 aliphatic heterocycles. The van der Waals surface area contributed by atoms with E-state index in [9.17, 15) is 9.90 Å². The van der Waals surface area contributed by atoms with Crippen molar-refractivity contribution in [1.82, 2.24) is 9.38 Å². The van der Waals surface area contributed by atoms with Gasteiger partial charge in [-0.05, 0) is 18.2 Å². The van der Waals surface area contributed by atoms with Gasteiger partial charge in [-0.25, -0.2) is 9.78 Å². The number of nitrogens with zero attached hydrogens (tertiary/aromatic N) is 2. The summed E-state index contributed by atoms with van der Waals surface area (Å²) in [5, 5.41) is 9.84. The fourth-order valence-corrected chi connectivity index (χ4v) is 2.20. The molecule has 3 aromatic rings. The van der Waals surface area contributed by atoms with Crippen LogP contribution in [0, 0.1) is 0 Å². The van der Waals surface area contributed by atoms with Crippen molar-refractivity contribution in [2.24, 2.45) is 0 Å². The molecule has 0 amide bonds. The van der Waals surface area contributed by atoms with E-state index in [1.54, 1.807) is 48.8 Å². The maximum Gasteiger partial charge on any atom is 0.336 e. The van der Waals surface area contributed by atoms with E-state index in [1.165, 1.54) is 0 Å². The first-order valence-corrected chi connectivity index (χ1v) is 6.00. The minimum Gasteiger partial charge on any atom is -0.478 e. The van der Waals surface area contributed by atoms with Crippen LogP contribution in [0.3, 0.4) is 0 Å². The number of fused-ring (bicyclic) bond motifs is 1. The van der Waals surface area contributed by atoms with Gasteiger partial charge in [0.15, 0.2) is 0 Å². The maximum atomic E-state index is 11.2. The molecular formula is C14H9ClN2O2. The predicted octanol–water partition coefficient (Wildman–Crippen LogP) is 3.35. The van der Waals surface area contributed by atoms with E-state index in [0.29, 0.717) is 16.4 Å². The van der Waals surface area contributed by atoms with Crippen LogP contribution >= 0.6 is 11.6 Å². The minimum absolute atomic E-state index is 0.227. The van der Waals surface area contributed by atoms with Gasteiger partial charge in [0.1, 0.15) is 5.82 Å². The highest BCUT2D eigenvalue weighted by Gasteiger charge is 2.14. The summed E-state index contributed by atoms with van der Waals surface area (Å²) >= 11 is 5.92. The molecule has 19 heavy (non-hydrogen) atoms. The topological polar surface area (TPSA) is 54.6 Å². The lowest BCUT2D eigenvalue weighted by Gasteiger charge is -2.05. The molecule has 0 unspecified atom stereocenters. The van der Waals surface area contributed by atoms with E-state index >= 15 is 0 Å². The number of rotatable bonds is 2. The molecular weight excluding hydrogens is 264 g/mol. The van der Waals surface area contributed by atoms with Crippen LogP contribution in [0.2, 0.25) is 5.02 Å². The Morgan fingerprint density at radius 2 is 2.05 bits per heavy atom. The van der Waals surface area contributed by atoms with Crippen LogP contribution in [0.15, 0.2) is 48.8 Å². The van der Waals surface area contributed by atoms with Crippen LogP contribution in [0.4, 0.5) is 0 Å². The van der Waals surface area contributed by atoms with Gasteiger partial charge < -0.3 is 5.11 Å². The second-order valence-corrected chi connectivity index (χ2v) is 4.51. The quantitative estimate of drug-likeness (QED) is 0.778. The first kappa shape index (κ1) is 11.7. The summed E-state index contributed by atoms with van der Waals surface area (Å²) in [6.45, 7) is 0. The van der Waals surface area contributed by atoms with Crippen molar-refractivity contribution in [3.05, 3.63) is 59.4 Å². The number of halogens is 1. The van der Waals surface area contributed by atoms with Crippen molar-refractivity contribution in [1.29, 1.82) is 0 Å². The van der Waals surface area contributed by atoms with Crippen molar-refractivity contribution in [2.75, 3.05) is 0 Å². The van der Waals surface area contributed by atoms with Gasteiger partial charge in [0, 0.05) is 16.8 Å². The number of carboxylic acids is 1. The van der Waals surface area contributed by atoms with Gasteiger partial charge in [-0.1, -0.05) is 29.8 Å². The van der Waals surface area contributed by atoms with Gasteiger partial charge >= 0.3 is 5.97 Å². The lowest BCUT2D eigenvalue weighted by Crippen LogP contribution is -2.01. The zero-order valence-corrected chi connectivity index (χ0v) is 10.5. The molecule has 5 heteroatoms. The van der Waals surface area contributed by atoms with E-state index < -0.39 is 5.97 Å². The molecule has 0 saturated heterocycles. The molecule has 0 aliphatic carbocycles. The third-order valence-electron chi connectivity index (χ3n) is 2.89. The third kappa shape index (κ3) is 1.96. The van der Waals surface area contributed by atoms with Crippen LogP contribution in [0.5, 0.6) is 0 Å². The number of hydrogen-bond acceptors (Lipinski definition) is 2. The Kier molecular flexibility index (Phi) is 2.72. The van der Waals surface area contributed by atoms with Crippen LogP contribution in [-0.2, 0) is 0 Å². The Morgan fingerprint density at radius 1 is 1.26 bits per heavy atom. The number of aromatic carboxylic acids is 1. The molecule has 1 aromatic carbocycles. The van der Waals surface area contributed by atoms with E-state index in [0.717, 1.165) is 5.52 Å². The molecule has 0 fully saturated rings. The van der Waals surface area contributed by atoms with Crippen LogP contribution < -0.4 is 0 Å². The maximum absolute atomic E-state index is 11.2. The molecule has 4 nitrogen and oxygen atoms in total. The van der Waals surface area contributed by atoms with E-state index in [-0.39, 0.29) is 5.56 Å². The second-order valence-electron chi connectivity index (χ2n) is 4.07. The molecule has 0 spiro atoms. The van der Waals surface area contributed by atoms with Crippen molar-refractivity contribution in [3.8, 4) is 11.4 Å². The standard InChI is InChI=1S/C14H9ClN2O2/c15-9-5-6-17-10(7-9)8-16-13(17)11-3-1-2-4-12(11)14(18)19/h1-8H,(H,18,19). The van der Waals surface area contributed by atoms with Gasteiger partial charge in [0.25, 0.3) is 0 Å². The SMILES string of the molecule is O=C(O)c1ccccc1-c1ncc2cc(Cl)ccn12. The summed E-state index contributed by atoms with van der Waals surface area (Å²) in [6, 6.07) is 10.3. The van der Waals surface area contributed by atoms with Crippen molar-refractivity contribution in [3.63, 3.8) is 0 Å². The van der Waals surface area contributed by atoms with E-state index in [4.69, 9.17) is 11.6 Å². The Hall–Kier alpha value is -2.33. The number of carboxylic acid groups (broad SMARTS) is 1. The van der Waals surface area contributed by atoms with Crippen LogP contribution in [0.25, 0.3) is 16.9 Å². The normalized spacial score (nSPS) is 10.8. The highest BCUT2D eigenvalue weighted by Crippen LogP contribution is 2.24. The largest absolute Gasteiger partial charge is 0.478 e. The average molecular weight is 273 g/mol. The Labute approximate surface area is 113 Å². The van der Waals surface area contributed by atoms with Crippen molar-refractivity contribution < 1.29 is 9.90 Å². The van der Waals surface area contributed by atoms with Crippen molar-refractivity contribution in [2.45, 2.75) is 0 Å². The van der Waals surface area contributed by atoms with Gasteiger partial charge in [0.2, 0.25) is 0 Å². The number of pyridine rings is 1. The van der Waals surface area contributed by atoms with E-state index in [1.807, 2.05) is 4.40 Å². The number of imidazole rings is 1. The summed E-state index contributed by atoms with van der Waals surface area (Å²) in [5.41, 5.74) is 1.63. The number of carbonyl (C=O) groups is 1. The molecule has 0 aliphatic rings. The molecule has 0 saturated carbocycles. The first-order chi connectivity index (χ1) is 9.16. The molecule has 1 N–H and O–H groups in total. The lowest BCUT2D eigenvalue weighted by molar-refractivity contribution is 0.0697. The molecule has 3 rings (SSSR count). The number of aromatic nitrogens is 2. The van der Waals surface area contributed by atoms with Crippen LogP contribution in [0.1, 0.15) is 10.4 Å². The van der Waals surface area contributed by atoms with E-state index in [2.05, 4.69) is 4.98 Å². The third-order valence-corrected chi connectivity index (χ3v) is 3.13. The molecule has 2 heterocycles. The fraction of sp³-hybridized carbons (Fsp3) is 0. The first-order valence-electron chi connectivity index (χ1n) is 5.62. The van der Waals surface area contributed by atoms with Crippen LogP contribution in [-0.4, -0.2) is 20.5 Å². The zero-order chi connectivity index (χ0) is 13.4. The molecule has 0 bridgehead atoms. The Bertz CT molecular complexity index is 780. The zero-order valence-electron chi connectivity index (χ0n) is 9.75. The Balaban J connectivity index is 2.28. The molecule has 0 radical (unpaired) electrons. The monoisotopic (exact) mass is 272 g/mol. The highest BCUT2D eigenvalue weighted by atomic mass is 35.5. The fourth-order valence-electron chi connectivity index (χ4n) is 2.04. The molecule has 2 aromatic heterocycles. The average Bonchev–Trinajstić information content (AvgIpc) is 2.81. The number of benzene rings is 1. The summed E-state index contributed by atoms with van der Waals surface area (Å²) in [6.07, 6.45) is 3.44. The van der Waals surface area contributed by atoms with Gasteiger partial charge in [0.05, 0.1) is 17.3 Å². The van der Waals surface area contributed by atoms with Gasteiger partial charge in [-0.3, -0.25) is 4.40 Å². The van der Waals surface area contributed by atoms with Gasteiger partial charge in [-0.15, -0.1) is 0 Å². The predicted molar refractivity (Wildman–Crippen MR) is 72.6 cm³/mol. The van der Waals surface area contributed by atoms with Crippen molar-refractivity contribution >= 4 is 23.1 Å². The Morgan fingerprint density at radius 3 is 2.84 bits per heavy atom. The molecule has 0 atom stereocenters. The molecule has 94 valence electrons. The van der Waals surface area contributed by atoms with Gasteiger partial charge in [-0.2, -0.15) is 0 Å². The smallest absolute Gasteiger partial charge is 0.336 e. The lowest BCUT2D eigenvalue weighted by atomic mass is 10.1. The minimum atomic E-state index is -0.971. The number of hydrogen-bond donors (Lipinski definition) is 1. The summed E-state index contributed by atoms with van der Waals surface area (Å²) < 4.78 is 1.81. The second kappa shape index (κ2) is 4.40. The summed E-state index contributed by atoms with van der Waals surface area (Å²) in [5.74, 6) is -0.383. The highest BCUT2D eigenvalue weighted by molar-refractivity contribution is 6.30. The summed E-state index contributed by atoms with van der Waals surface area (Å²) in [7, 11) is 0.